The predicted molar refractivity (Wildman–Crippen MR) is 159 cm³/mol. The molecule has 0 bridgehead atoms. The SMILES string of the molecule is CC(C)(CNC[C@@H](O)[C@H](Cc1ccccc1)NC(=O)OC1COCOC1)C(CCCN)S(=O)(=O)c1ccc2c(c1)OCO2. The fourth-order valence-corrected chi connectivity index (χ4v) is 7.57. The smallest absolute Gasteiger partial charge is 0.407 e. The molecule has 4 rings (SSSR count). The van der Waals surface area contributed by atoms with Crippen LogP contribution in [0.5, 0.6) is 11.5 Å². The van der Waals surface area contributed by atoms with E-state index in [0.29, 0.717) is 37.3 Å². The van der Waals surface area contributed by atoms with E-state index in [1.807, 2.05) is 44.2 Å². The molecular weight excluding hydrogens is 578 g/mol. The highest BCUT2D eigenvalue weighted by Gasteiger charge is 2.40. The van der Waals surface area contributed by atoms with E-state index in [1.165, 1.54) is 12.1 Å². The van der Waals surface area contributed by atoms with Crippen LogP contribution >= 0.6 is 0 Å². The molecule has 2 heterocycles. The van der Waals surface area contributed by atoms with Crippen LogP contribution < -0.4 is 25.8 Å². The molecule has 12 nitrogen and oxygen atoms in total. The molecule has 0 radical (unpaired) electrons. The summed E-state index contributed by atoms with van der Waals surface area (Å²) in [6.45, 7) is 5.17. The summed E-state index contributed by atoms with van der Waals surface area (Å²) >= 11 is 0. The quantitative estimate of drug-likeness (QED) is 0.230. The second-order valence-corrected chi connectivity index (χ2v) is 13.6. The molecule has 43 heavy (non-hydrogen) atoms. The molecule has 13 heteroatoms. The van der Waals surface area contributed by atoms with Crippen molar-refractivity contribution >= 4 is 15.9 Å². The van der Waals surface area contributed by atoms with Crippen LogP contribution in [0.1, 0.15) is 32.3 Å². The number of nitrogens with one attached hydrogen (secondary N) is 2. The van der Waals surface area contributed by atoms with Crippen molar-refractivity contribution in [3.63, 3.8) is 0 Å². The summed E-state index contributed by atoms with van der Waals surface area (Å²) in [6.07, 6.45) is -0.977. The third-order valence-electron chi connectivity index (χ3n) is 7.64. The van der Waals surface area contributed by atoms with Crippen LogP contribution in [0.4, 0.5) is 4.79 Å². The van der Waals surface area contributed by atoms with Gasteiger partial charge >= 0.3 is 6.09 Å². The zero-order valence-corrected chi connectivity index (χ0v) is 25.5. The van der Waals surface area contributed by atoms with Crippen LogP contribution in [0.3, 0.4) is 0 Å². The molecule has 3 atom stereocenters. The van der Waals surface area contributed by atoms with E-state index in [0.717, 1.165) is 5.56 Å². The molecule has 238 valence electrons. The summed E-state index contributed by atoms with van der Waals surface area (Å²) in [6, 6.07) is 13.5. The van der Waals surface area contributed by atoms with Crippen LogP contribution in [0.2, 0.25) is 0 Å². The highest BCUT2D eigenvalue weighted by Crippen LogP contribution is 2.38. The summed E-state index contributed by atoms with van der Waals surface area (Å²) in [7, 11) is -3.78. The molecule has 0 spiro atoms. The Morgan fingerprint density at radius 2 is 1.81 bits per heavy atom. The van der Waals surface area contributed by atoms with Crippen LogP contribution in [-0.2, 0) is 30.5 Å². The largest absolute Gasteiger partial charge is 0.454 e. The molecule has 2 aromatic rings. The first-order valence-electron chi connectivity index (χ1n) is 14.5. The lowest BCUT2D eigenvalue weighted by molar-refractivity contribution is -0.151. The van der Waals surface area contributed by atoms with Gasteiger partial charge in [-0.15, -0.1) is 0 Å². The number of benzene rings is 2. The lowest BCUT2D eigenvalue weighted by atomic mass is 9.86. The Morgan fingerprint density at radius 3 is 2.53 bits per heavy atom. The third-order valence-corrected chi connectivity index (χ3v) is 10.2. The van der Waals surface area contributed by atoms with E-state index >= 15 is 0 Å². The van der Waals surface area contributed by atoms with E-state index in [9.17, 15) is 18.3 Å². The number of ether oxygens (including phenoxy) is 5. The summed E-state index contributed by atoms with van der Waals surface area (Å²) in [4.78, 5) is 12.8. The van der Waals surface area contributed by atoms with Crippen molar-refractivity contribution < 1.29 is 42.0 Å². The van der Waals surface area contributed by atoms with E-state index in [2.05, 4.69) is 10.6 Å². The van der Waals surface area contributed by atoms with Crippen molar-refractivity contribution in [2.45, 2.75) is 61.5 Å². The lowest BCUT2D eigenvalue weighted by Gasteiger charge is -2.35. The fourth-order valence-electron chi connectivity index (χ4n) is 5.31. The van der Waals surface area contributed by atoms with E-state index in [1.54, 1.807) is 6.07 Å². The number of carbonyl (C=O) groups is 1. The number of aliphatic hydroxyl groups is 1. The van der Waals surface area contributed by atoms with Gasteiger partial charge in [-0.25, -0.2) is 13.2 Å². The molecule has 5 N–H and O–H groups in total. The first-order valence-corrected chi connectivity index (χ1v) is 16.0. The van der Waals surface area contributed by atoms with Crippen molar-refractivity contribution in [1.29, 1.82) is 0 Å². The predicted octanol–water partition coefficient (Wildman–Crippen LogP) is 1.98. The average Bonchev–Trinajstić information content (AvgIpc) is 3.46. The Labute approximate surface area is 253 Å². The third kappa shape index (κ3) is 9.03. The highest BCUT2D eigenvalue weighted by molar-refractivity contribution is 7.92. The van der Waals surface area contributed by atoms with Crippen LogP contribution in [-0.4, -0.2) is 89.6 Å². The number of aliphatic hydroxyl groups excluding tert-OH is 1. The molecule has 2 aromatic carbocycles. The fraction of sp³-hybridized carbons (Fsp3) is 0.567. The summed E-state index contributed by atoms with van der Waals surface area (Å²) in [5.41, 5.74) is 5.95. The van der Waals surface area contributed by atoms with Gasteiger partial charge in [-0.05, 0) is 48.9 Å². The topological polar surface area (TPSA) is 168 Å². The van der Waals surface area contributed by atoms with E-state index in [-0.39, 0.29) is 44.8 Å². The number of fused-ring (bicyclic) bond motifs is 1. The van der Waals surface area contributed by atoms with Crippen LogP contribution in [0.25, 0.3) is 0 Å². The second-order valence-electron chi connectivity index (χ2n) is 11.5. The Bertz CT molecular complexity index is 1290. The number of rotatable bonds is 15. The molecule has 1 amide bonds. The molecule has 2 aliphatic heterocycles. The first kappa shape index (κ1) is 33.0. The zero-order chi connectivity index (χ0) is 30.9. The summed E-state index contributed by atoms with van der Waals surface area (Å²) < 4.78 is 54.3. The van der Waals surface area contributed by atoms with Gasteiger partial charge in [-0.2, -0.15) is 0 Å². The molecule has 0 aromatic heterocycles. The van der Waals surface area contributed by atoms with Gasteiger partial charge < -0.3 is 45.2 Å². The van der Waals surface area contributed by atoms with Gasteiger partial charge in [-0.3, -0.25) is 0 Å². The number of nitrogens with two attached hydrogens (primary N) is 1. The van der Waals surface area contributed by atoms with Gasteiger partial charge in [0.2, 0.25) is 6.79 Å². The zero-order valence-electron chi connectivity index (χ0n) is 24.7. The van der Waals surface area contributed by atoms with Gasteiger partial charge in [0.05, 0.1) is 35.5 Å². The number of alkyl carbamates (subject to hydrolysis) is 1. The Kier molecular flexibility index (Phi) is 11.6. The van der Waals surface area contributed by atoms with Crippen LogP contribution in [0, 0.1) is 5.41 Å². The van der Waals surface area contributed by atoms with Gasteiger partial charge in [0.1, 0.15) is 6.79 Å². The number of hydrogen-bond acceptors (Lipinski definition) is 11. The van der Waals surface area contributed by atoms with Gasteiger partial charge in [0, 0.05) is 19.2 Å². The standard InChI is InChI=1S/C30H43N3O9S/c1-30(2,28(9-6-12-31)43(36,37)23-10-11-26-27(14-23)41-20-40-26)18-32-15-25(34)24(13-21-7-4-3-5-8-21)33-29(35)42-22-16-38-19-39-17-22/h3-5,7-8,10-11,14,22,24-25,28,32,34H,6,9,12-13,15-20,31H2,1-2H3,(H,33,35)/t24-,25+,28?/m0/s1. The van der Waals surface area contributed by atoms with Gasteiger partial charge in [0.25, 0.3) is 0 Å². The van der Waals surface area contributed by atoms with Gasteiger partial charge in [0.15, 0.2) is 27.4 Å². The summed E-state index contributed by atoms with van der Waals surface area (Å²) in [5, 5.41) is 16.5. The van der Waals surface area contributed by atoms with Crippen molar-refractivity contribution in [2.24, 2.45) is 11.1 Å². The number of hydrogen-bond donors (Lipinski definition) is 4. The number of carbonyl (C=O) groups excluding carboxylic acids is 1. The first-order chi connectivity index (χ1) is 20.6. The van der Waals surface area contributed by atoms with E-state index < -0.39 is 44.8 Å². The maximum Gasteiger partial charge on any atom is 0.407 e. The number of sulfone groups is 1. The number of amides is 1. The normalized spacial score (nSPS) is 17.7. The van der Waals surface area contributed by atoms with Gasteiger partial charge in [-0.1, -0.05) is 44.2 Å². The lowest BCUT2D eigenvalue weighted by Crippen LogP contribution is -2.52. The molecule has 1 fully saturated rings. The maximum atomic E-state index is 13.9. The van der Waals surface area contributed by atoms with Crippen molar-refractivity contribution in [1.82, 2.24) is 10.6 Å². The minimum absolute atomic E-state index is 0.0500. The molecule has 1 unspecified atom stereocenters. The van der Waals surface area contributed by atoms with Crippen molar-refractivity contribution in [3.8, 4) is 11.5 Å². The molecule has 0 aliphatic carbocycles. The second kappa shape index (κ2) is 15.2. The van der Waals surface area contributed by atoms with E-state index in [4.69, 9.17) is 29.4 Å². The molecule has 0 saturated carbocycles. The Balaban J connectivity index is 1.42. The Morgan fingerprint density at radius 1 is 1.09 bits per heavy atom. The van der Waals surface area contributed by atoms with Crippen LogP contribution in [0.15, 0.2) is 53.4 Å². The average molecular weight is 622 g/mol. The van der Waals surface area contributed by atoms with Crippen molar-refractivity contribution in [2.75, 3.05) is 46.4 Å². The molecular formula is C30H43N3O9S. The van der Waals surface area contributed by atoms with Crippen molar-refractivity contribution in [3.05, 3.63) is 54.1 Å². The molecule has 1 saturated heterocycles. The monoisotopic (exact) mass is 621 g/mol. The minimum Gasteiger partial charge on any atom is -0.454 e. The summed E-state index contributed by atoms with van der Waals surface area (Å²) in [5.74, 6) is 0.909. The molecule has 2 aliphatic rings. The highest BCUT2D eigenvalue weighted by atomic mass is 32.2. The maximum absolute atomic E-state index is 13.9. The minimum atomic E-state index is -3.78. The Hall–Kier alpha value is -2.94.